The number of nitrogens with one attached hydrogen (secondary N) is 2. The molecule has 0 bridgehead atoms. The lowest BCUT2D eigenvalue weighted by atomic mass is 10.1. The van der Waals surface area contributed by atoms with Gasteiger partial charge >= 0.3 is 0 Å². The summed E-state index contributed by atoms with van der Waals surface area (Å²) in [6, 6.07) is 1.36. The van der Waals surface area contributed by atoms with Crippen LogP contribution in [-0.2, 0) is 4.79 Å². The number of hydrogen-bond donors (Lipinski definition) is 2. The predicted octanol–water partition coefficient (Wildman–Crippen LogP) is 0.468. The lowest BCUT2D eigenvalue weighted by Crippen LogP contribution is -2.44. The first-order valence-corrected chi connectivity index (χ1v) is 6.02. The molecule has 0 aliphatic carbocycles. The normalized spacial score (nSPS) is 19.8. The number of anilines is 1. The van der Waals surface area contributed by atoms with Gasteiger partial charge in [0.2, 0.25) is 5.91 Å². The van der Waals surface area contributed by atoms with Crippen molar-refractivity contribution in [3.8, 4) is 0 Å². The second kappa shape index (κ2) is 4.41. The van der Waals surface area contributed by atoms with E-state index in [1.807, 2.05) is 0 Å². The van der Waals surface area contributed by atoms with Crippen molar-refractivity contribution in [2.24, 2.45) is 0 Å². The number of carbonyl (C=O) groups is 1. The molecule has 1 unspecified atom stereocenters. The van der Waals surface area contributed by atoms with Crippen LogP contribution in [-0.4, -0.2) is 38.1 Å². The maximum atomic E-state index is 11.7. The van der Waals surface area contributed by atoms with Gasteiger partial charge in [-0.25, -0.2) is 0 Å². The number of fused-ring (bicyclic) bond motifs is 1. The molecule has 8 heteroatoms. The van der Waals surface area contributed by atoms with E-state index in [1.54, 1.807) is 6.07 Å². The number of aromatic nitrogens is 4. The van der Waals surface area contributed by atoms with Crippen molar-refractivity contribution in [1.29, 1.82) is 0 Å². The smallest absolute Gasteiger partial charge is 0.255 e. The summed E-state index contributed by atoms with van der Waals surface area (Å²) in [6.45, 7) is 0.729. The molecule has 1 saturated heterocycles. The quantitative estimate of drug-likeness (QED) is 0.772. The fraction of sp³-hybridized carbons (Fsp3) is 0.400. The van der Waals surface area contributed by atoms with Gasteiger partial charge in [-0.2, -0.15) is 19.6 Å². The van der Waals surface area contributed by atoms with Crippen molar-refractivity contribution in [2.45, 2.75) is 18.9 Å². The average molecular weight is 267 g/mol. The van der Waals surface area contributed by atoms with Gasteiger partial charge in [0, 0.05) is 12.6 Å². The van der Waals surface area contributed by atoms with E-state index >= 15 is 0 Å². The minimum Gasteiger partial charge on any atom is -0.358 e. The first kappa shape index (κ1) is 11.2. The summed E-state index contributed by atoms with van der Waals surface area (Å²) in [5.74, 6) is 1.01. The minimum atomic E-state index is -0.274. The van der Waals surface area contributed by atoms with Gasteiger partial charge in [0.05, 0.1) is 0 Å². The molecule has 0 aromatic carbocycles. The number of hydrogen-bond acceptors (Lipinski definition) is 5. The van der Waals surface area contributed by atoms with Gasteiger partial charge < -0.3 is 10.6 Å². The Labute approximate surface area is 108 Å². The Morgan fingerprint density at radius 2 is 2.44 bits per heavy atom. The monoisotopic (exact) mass is 266 g/mol. The Morgan fingerprint density at radius 3 is 3.28 bits per heavy atom. The highest BCUT2D eigenvalue weighted by Crippen LogP contribution is 2.17. The molecule has 1 fully saturated rings. The molecule has 1 amide bonds. The SMILES string of the molecule is O=C1NCCCC1Nc1cc(Cl)nc2ncnn12. The first-order chi connectivity index (χ1) is 8.74. The van der Waals surface area contributed by atoms with Gasteiger partial charge in [-0.1, -0.05) is 11.6 Å². The third kappa shape index (κ3) is 1.97. The molecular weight excluding hydrogens is 256 g/mol. The van der Waals surface area contributed by atoms with Crippen molar-refractivity contribution in [3.05, 3.63) is 17.5 Å². The number of halogens is 1. The molecule has 1 aliphatic rings. The summed E-state index contributed by atoms with van der Waals surface area (Å²) < 4.78 is 1.52. The topological polar surface area (TPSA) is 84.2 Å². The highest BCUT2D eigenvalue weighted by molar-refractivity contribution is 6.29. The Hall–Kier alpha value is -1.89. The molecule has 2 N–H and O–H groups in total. The third-order valence-electron chi connectivity index (χ3n) is 2.83. The molecule has 7 nitrogen and oxygen atoms in total. The summed E-state index contributed by atoms with van der Waals surface area (Å²) in [6.07, 6.45) is 3.12. The zero-order valence-electron chi connectivity index (χ0n) is 9.43. The van der Waals surface area contributed by atoms with Gasteiger partial charge in [0.1, 0.15) is 23.3 Å². The van der Waals surface area contributed by atoms with Crippen molar-refractivity contribution in [3.63, 3.8) is 0 Å². The summed E-state index contributed by atoms with van der Waals surface area (Å²) in [5.41, 5.74) is 0. The average Bonchev–Trinajstić information content (AvgIpc) is 2.80. The molecule has 94 valence electrons. The number of piperidine rings is 1. The molecule has 2 aromatic heterocycles. The van der Waals surface area contributed by atoms with Crippen LogP contribution in [0.15, 0.2) is 12.4 Å². The predicted molar refractivity (Wildman–Crippen MR) is 65.4 cm³/mol. The molecule has 3 rings (SSSR count). The van der Waals surface area contributed by atoms with Crippen LogP contribution in [0.3, 0.4) is 0 Å². The summed E-state index contributed by atoms with van der Waals surface area (Å²) in [7, 11) is 0. The molecule has 2 aromatic rings. The Bertz CT molecular complexity index is 597. The van der Waals surface area contributed by atoms with E-state index in [0.717, 1.165) is 19.4 Å². The summed E-state index contributed by atoms with van der Waals surface area (Å²) in [4.78, 5) is 19.7. The Morgan fingerprint density at radius 1 is 1.56 bits per heavy atom. The van der Waals surface area contributed by atoms with E-state index in [2.05, 4.69) is 25.7 Å². The highest BCUT2D eigenvalue weighted by atomic mass is 35.5. The van der Waals surface area contributed by atoms with Crippen molar-refractivity contribution in [2.75, 3.05) is 11.9 Å². The summed E-state index contributed by atoms with van der Waals surface area (Å²) in [5, 5.41) is 10.3. The van der Waals surface area contributed by atoms with Crippen molar-refractivity contribution in [1.82, 2.24) is 24.9 Å². The standard InChI is InChI=1S/C10H11ClN6O/c11-7-4-8(17-10(16-7)13-5-14-17)15-6-2-1-3-12-9(6)18/h4-6,15H,1-3H2,(H,12,18). The van der Waals surface area contributed by atoms with E-state index in [-0.39, 0.29) is 11.9 Å². The van der Waals surface area contributed by atoms with Crippen LogP contribution in [0.5, 0.6) is 0 Å². The lowest BCUT2D eigenvalue weighted by Gasteiger charge is -2.23. The maximum absolute atomic E-state index is 11.7. The van der Waals surface area contributed by atoms with Gasteiger partial charge in [-0.15, -0.1) is 0 Å². The second-order valence-electron chi connectivity index (χ2n) is 4.07. The van der Waals surface area contributed by atoms with Crippen LogP contribution in [0.4, 0.5) is 5.82 Å². The van der Waals surface area contributed by atoms with Crippen LogP contribution >= 0.6 is 11.6 Å². The van der Waals surface area contributed by atoms with Gasteiger partial charge in [-0.05, 0) is 12.8 Å². The first-order valence-electron chi connectivity index (χ1n) is 5.64. The van der Waals surface area contributed by atoms with Crippen LogP contribution < -0.4 is 10.6 Å². The molecule has 1 aliphatic heterocycles. The maximum Gasteiger partial charge on any atom is 0.255 e. The van der Waals surface area contributed by atoms with Crippen molar-refractivity contribution < 1.29 is 4.79 Å². The molecule has 18 heavy (non-hydrogen) atoms. The highest BCUT2D eigenvalue weighted by Gasteiger charge is 2.22. The zero-order chi connectivity index (χ0) is 12.5. The summed E-state index contributed by atoms with van der Waals surface area (Å²) >= 11 is 5.90. The van der Waals surface area contributed by atoms with E-state index < -0.39 is 0 Å². The van der Waals surface area contributed by atoms with Gasteiger partial charge in [0.25, 0.3) is 5.78 Å². The number of nitrogens with zero attached hydrogens (tertiary/aromatic N) is 4. The van der Waals surface area contributed by atoms with Gasteiger partial charge in [-0.3, -0.25) is 4.79 Å². The minimum absolute atomic E-state index is 0.0116. The zero-order valence-corrected chi connectivity index (χ0v) is 10.2. The van der Waals surface area contributed by atoms with E-state index in [0.29, 0.717) is 16.7 Å². The Kier molecular flexibility index (Phi) is 2.75. The number of carbonyl (C=O) groups excluding carboxylic acids is 1. The number of rotatable bonds is 2. The van der Waals surface area contributed by atoms with Crippen LogP contribution in [0.1, 0.15) is 12.8 Å². The molecule has 0 saturated carbocycles. The second-order valence-corrected chi connectivity index (χ2v) is 4.45. The largest absolute Gasteiger partial charge is 0.358 e. The lowest BCUT2D eigenvalue weighted by molar-refractivity contribution is -0.123. The molecular formula is C10H11ClN6O. The van der Waals surface area contributed by atoms with Crippen LogP contribution in [0.2, 0.25) is 5.15 Å². The molecule has 1 atom stereocenters. The molecule has 0 spiro atoms. The molecule has 3 heterocycles. The van der Waals surface area contributed by atoms with Crippen LogP contribution in [0, 0.1) is 0 Å². The fourth-order valence-corrected chi connectivity index (χ4v) is 2.15. The van der Waals surface area contributed by atoms with E-state index in [1.165, 1.54) is 10.8 Å². The van der Waals surface area contributed by atoms with Gasteiger partial charge in [0.15, 0.2) is 0 Å². The third-order valence-corrected chi connectivity index (χ3v) is 3.02. The van der Waals surface area contributed by atoms with Crippen molar-refractivity contribution >= 4 is 29.1 Å². The van der Waals surface area contributed by atoms with E-state index in [4.69, 9.17) is 11.6 Å². The molecule has 0 radical (unpaired) electrons. The fourth-order valence-electron chi connectivity index (χ4n) is 1.97. The van der Waals surface area contributed by atoms with Crippen LogP contribution in [0.25, 0.3) is 5.78 Å². The number of amides is 1. The Balaban J connectivity index is 1.93. The van der Waals surface area contributed by atoms with E-state index in [9.17, 15) is 4.79 Å².